The Bertz CT molecular complexity index is 1490. The maximum Gasteiger partial charge on any atom is 0.340 e. The van der Waals surface area contributed by atoms with Crippen LogP contribution < -0.4 is 5.32 Å². The summed E-state index contributed by atoms with van der Waals surface area (Å²) in [5.41, 5.74) is -0.127. The van der Waals surface area contributed by atoms with Gasteiger partial charge in [-0.25, -0.2) is 23.5 Å². The van der Waals surface area contributed by atoms with Crippen LogP contribution in [0.25, 0.3) is 11.3 Å². The number of anilines is 2. The Morgan fingerprint density at radius 3 is 2.45 bits per heavy atom. The average molecular weight is 611 g/mol. The van der Waals surface area contributed by atoms with Crippen LogP contribution in [-0.4, -0.2) is 49.5 Å². The molecule has 1 atom stereocenters. The molecule has 0 amide bonds. The van der Waals surface area contributed by atoms with Crippen molar-refractivity contribution in [3.8, 4) is 11.3 Å². The van der Waals surface area contributed by atoms with E-state index < -0.39 is 36.4 Å². The van der Waals surface area contributed by atoms with Gasteiger partial charge in [0.2, 0.25) is 6.79 Å². The lowest BCUT2D eigenvalue weighted by atomic mass is 9.73. The zero-order valence-electron chi connectivity index (χ0n) is 24.6. The third-order valence-electron chi connectivity index (χ3n) is 8.65. The van der Waals surface area contributed by atoms with E-state index in [9.17, 15) is 28.6 Å². The molecule has 0 saturated heterocycles. The minimum absolute atomic E-state index is 0.139. The molecular weight excluding hydrogens is 574 g/mol. The predicted octanol–water partition coefficient (Wildman–Crippen LogP) is 5.50. The second kappa shape index (κ2) is 12.9. The number of rotatable bonds is 10. The van der Waals surface area contributed by atoms with Gasteiger partial charge in [-0.05, 0) is 107 Å². The van der Waals surface area contributed by atoms with Crippen LogP contribution in [0.1, 0.15) is 75.1 Å². The highest BCUT2D eigenvalue weighted by Crippen LogP contribution is 2.41. The lowest BCUT2D eigenvalue weighted by Crippen LogP contribution is -2.46. The number of halogens is 2. The molecule has 0 unspecified atom stereocenters. The first-order valence-corrected chi connectivity index (χ1v) is 14.7. The fraction of sp³-hybridized carbons (Fsp3) is 0.469. The van der Waals surface area contributed by atoms with Crippen LogP contribution in [-0.2, 0) is 24.7 Å². The van der Waals surface area contributed by atoms with Crippen LogP contribution in [0.3, 0.4) is 0 Å². The lowest BCUT2D eigenvalue weighted by molar-refractivity contribution is -0.190. The third kappa shape index (κ3) is 7.02. The number of esters is 2. The van der Waals surface area contributed by atoms with Crippen molar-refractivity contribution in [3.63, 3.8) is 0 Å². The molecule has 5 rings (SSSR count). The number of aliphatic hydroxyl groups is 2. The minimum atomic E-state index is -2.61. The van der Waals surface area contributed by atoms with Gasteiger partial charge in [-0.1, -0.05) is 0 Å². The molecule has 3 heterocycles. The molecule has 0 aliphatic heterocycles. The number of nitrogens with one attached hydrogen (secondary N) is 1. The van der Waals surface area contributed by atoms with Gasteiger partial charge in [0, 0.05) is 23.5 Å². The number of hydrogen-bond acceptors (Lipinski definition) is 10. The Morgan fingerprint density at radius 2 is 1.82 bits per heavy atom. The molecule has 2 fully saturated rings. The molecular formula is C32H36F2N4O6. The van der Waals surface area contributed by atoms with Crippen molar-refractivity contribution < 1.29 is 38.1 Å². The molecule has 0 spiro atoms. The highest BCUT2D eigenvalue weighted by atomic mass is 19.3. The number of aryl methyl sites for hydroxylation is 1. The van der Waals surface area contributed by atoms with E-state index in [4.69, 9.17) is 9.47 Å². The highest BCUT2D eigenvalue weighted by molar-refractivity contribution is 5.80. The maximum absolute atomic E-state index is 13.1. The molecule has 10 nitrogen and oxygen atoms in total. The standard InChI is InChI=1S/C32H36F2N4O6/c1-19-14-24(37-27(15-19)38-26-16-21(28(33)34)10-13-35-26)22-6-9-25(36-17-22)31(2,41)23-7-4-20(5-8-23)29(39)43-18-44-30(40)32(42)11-3-12-32/h6,9-10,13-17,20,23,28,41-42H,3-5,7-8,11-12,18H2,1-2H3,(H,35,37,38)/t20?,23?,31-/m1/s1. The molecule has 3 aromatic heterocycles. The summed E-state index contributed by atoms with van der Waals surface area (Å²) in [5, 5.41) is 24.4. The number of ether oxygens (including phenoxy) is 2. The molecule has 3 N–H and O–H groups in total. The largest absolute Gasteiger partial charge is 0.428 e. The van der Waals surface area contributed by atoms with Crippen molar-refractivity contribution in [1.82, 2.24) is 15.0 Å². The topological polar surface area (TPSA) is 144 Å². The van der Waals surface area contributed by atoms with Crippen molar-refractivity contribution in [2.24, 2.45) is 11.8 Å². The zero-order chi connectivity index (χ0) is 31.5. The number of carbonyl (C=O) groups excluding carboxylic acids is 2. The number of pyridine rings is 3. The van der Waals surface area contributed by atoms with Crippen molar-refractivity contribution in [1.29, 1.82) is 0 Å². The zero-order valence-corrected chi connectivity index (χ0v) is 24.6. The van der Waals surface area contributed by atoms with Gasteiger partial charge >= 0.3 is 11.9 Å². The van der Waals surface area contributed by atoms with E-state index in [1.54, 1.807) is 25.3 Å². The maximum atomic E-state index is 13.1. The summed E-state index contributed by atoms with van der Waals surface area (Å²) in [6, 6.07) is 9.78. The number of nitrogens with zero attached hydrogens (tertiary/aromatic N) is 3. The SMILES string of the molecule is Cc1cc(Nc2cc(C(F)F)ccn2)nc(-c2ccc([C@](C)(O)C3CCC(C(=O)OCOC(=O)C4(O)CCC4)CC3)nc2)c1. The van der Waals surface area contributed by atoms with Gasteiger partial charge in [0.15, 0.2) is 5.60 Å². The Kier molecular flexibility index (Phi) is 9.21. The molecule has 2 aliphatic carbocycles. The van der Waals surface area contributed by atoms with Gasteiger partial charge in [0.25, 0.3) is 6.43 Å². The summed E-state index contributed by atoms with van der Waals surface area (Å²) in [7, 11) is 0. The Labute approximate surface area is 253 Å². The van der Waals surface area contributed by atoms with Gasteiger partial charge in [0.05, 0.1) is 17.3 Å². The van der Waals surface area contributed by atoms with Crippen molar-refractivity contribution >= 4 is 23.6 Å². The minimum Gasteiger partial charge on any atom is -0.428 e. The number of carbonyl (C=O) groups is 2. The summed E-state index contributed by atoms with van der Waals surface area (Å²) in [6.45, 7) is 3.09. The highest BCUT2D eigenvalue weighted by Gasteiger charge is 2.44. The van der Waals surface area contributed by atoms with Crippen LogP contribution in [0.5, 0.6) is 0 Å². The molecule has 0 aromatic carbocycles. The second-order valence-corrected chi connectivity index (χ2v) is 11.8. The molecule has 0 bridgehead atoms. The fourth-order valence-corrected chi connectivity index (χ4v) is 5.72. The van der Waals surface area contributed by atoms with E-state index in [1.807, 2.05) is 19.1 Å². The molecule has 234 valence electrons. The van der Waals surface area contributed by atoms with Gasteiger partial charge in [-0.3, -0.25) is 9.78 Å². The third-order valence-corrected chi connectivity index (χ3v) is 8.65. The van der Waals surface area contributed by atoms with Crippen LogP contribution in [0.4, 0.5) is 20.4 Å². The predicted molar refractivity (Wildman–Crippen MR) is 156 cm³/mol. The summed E-state index contributed by atoms with van der Waals surface area (Å²) in [4.78, 5) is 37.7. The van der Waals surface area contributed by atoms with Crippen molar-refractivity contribution in [2.45, 2.75) is 76.4 Å². The first-order valence-electron chi connectivity index (χ1n) is 14.7. The Hall–Kier alpha value is -4.03. The fourth-order valence-electron chi connectivity index (χ4n) is 5.72. The molecule has 3 aromatic rings. The van der Waals surface area contributed by atoms with Gasteiger partial charge in [-0.2, -0.15) is 0 Å². The van der Waals surface area contributed by atoms with Crippen LogP contribution in [0.15, 0.2) is 48.8 Å². The van der Waals surface area contributed by atoms with Crippen LogP contribution in [0.2, 0.25) is 0 Å². The Balaban J connectivity index is 1.17. The summed E-state index contributed by atoms with van der Waals surface area (Å²) in [6.07, 6.45) is 3.96. The van der Waals surface area contributed by atoms with E-state index >= 15 is 0 Å². The average Bonchev–Trinajstić information content (AvgIpc) is 2.99. The molecule has 0 radical (unpaired) electrons. The molecule has 44 heavy (non-hydrogen) atoms. The number of alkyl halides is 2. The van der Waals surface area contributed by atoms with E-state index in [0.29, 0.717) is 61.3 Å². The summed E-state index contributed by atoms with van der Waals surface area (Å²) < 4.78 is 36.2. The Morgan fingerprint density at radius 1 is 1.07 bits per heavy atom. The summed E-state index contributed by atoms with van der Waals surface area (Å²) in [5.74, 6) is -1.03. The van der Waals surface area contributed by atoms with Crippen LogP contribution in [0, 0.1) is 18.8 Å². The second-order valence-electron chi connectivity index (χ2n) is 11.8. The monoisotopic (exact) mass is 610 g/mol. The van der Waals surface area contributed by atoms with Gasteiger partial charge in [0.1, 0.15) is 17.2 Å². The van der Waals surface area contributed by atoms with E-state index in [-0.39, 0.29) is 23.2 Å². The normalized spacial score (nSPS) is 20.7. The smallest absolute Gasteiger partial charge is 0.340 e. The van der Waals surface area contributed by atoms with E-state index in [0.717, 1.165) is 12.0 Å². The first kappa shape index (κ1) is 31.4. The summed E-state index contributed by atoms with van der Waals surface area (Å²) >= 11 is 0. The van der Waals surface area contributed by atoms with E-state index in [1.165, 1.54) is 18.3 Å². The van der Waals surface area contributed by atoms with Crippen molar-refractivity contribution in [3.05, 3.63) is 65.6 Å². The van der Waals surface area contributed by atoms with Crippen LogP contribution >= 0.6 is 0 Å². The van der Waals surface area contributed by atoms with Gasteiger partial charge < -0.3 is 25.0 Å². The molecule has 2 aliphatic rings. The molecule has 12 heteroatoms. The van der Waals surface area contributed by atoms with E-state index in [2.05, 4.69) is 20.3 Å². The number of hydrogen-bond donors (Lipinski definition) is 3. The molecule has 2 saturated carbocycles. The lowest BCUT2D eigenvalue weighted by Gasteiger charge is -2.37. The quantitative estimate of drug-likeness (QED) is 0.199. The van der Waals surface area contributed by atoms with Gasteiger partial charge in [-0.15, -0.1) is 0 Å². The van der Waals surface area contributed by atoms with Crippen molar-refractivity contribution in [2.75, 3.05) is 12.1 Å². The first-order chi connectivity index (χ1) is 20.9. The number of aromatic nitrogens is 3.